The van der Waals surface area contributed by atoms with Crippen LogP contribution in [0.2, 0.25) is 0 Å². The predicted molar refractivity (Wildman–Crippen MR) is 66.5 cm³/mol. The summed E-state index contributed by atoms with van der Waals surface area (Å²) in [6.07, 6.45) is 12.0. The van der Waals surface area contributed by atoms with E-state index in [1.807, 2.05) is 24.3 Å². The summed E-state index contributed by atoms with van der Waals surface area (Å²) in [5.74, 6) is 1.09. The second kappa shape index (κ2) is 3.75. The van der Waals surface area contributed by atoms with Gasteiger partial charge in [-0.1, -0.05) is 6.08 Å². The van der Waals surface area contributed by atoms with Crippen LogP contribution in [0.4, 0.5) is 0 Å². The molecule has 0 N–H and O–H groups in total. The molecule has 0 aromatic rings. The molecule has 0 aromatic carbocycles. The fourth-order valence-electron chi connectivity index (χ4n) is 2.58. The molecule has 0 radical (unpaired) electrons. The molecule has 0 aromatic heterocycles. The van der Waals surface area contributed by atoms with Crippen LogP contribution in [0.5, 0.6) is 0 Å². The van der Waals surface area contributed by atoms with E-state index in [0.717, 1.165) is 22.5 Å². The largest absolute Gasteiger partial charge is 0.488 e. The Morgan fingerprint density at radius 2 is 2.00 bits per heavy atom. The number of ether oxygens (including phenoxy) is 3. The summed E-state index contributed by atoms with van der Waals surface area (Å²) in [4.78, 5) is 11.5. The SMILES string of the molecule is O=C1C=CC2=C3OC=CC=C3C3=C(C=CCO3)C2O1. The Balaban J connectivity index is 1.96. The van der Waals surface area contributed by atoms with Gasteiger partial charge in [0.25, 0.3) is 0 Å². The van der Waals surface area contributed by atoms with Gasteiger partial charge in [0.2, 0.25) is 0 Å². The number of hydrogen-bond acceptors (Lipinski definition) is 4. The zero-order valence-electron chi connectivity index (χ0n) is 9.96. The molecule has 0 saturated carbocycles. The van der Waals surface area contributed by atoms with Crippen LogP contribution in [0.3, 0.4) is 0 Å². The lowest BCUT2D eigenvalue weighted by atomic mass is 9.86. The monoisotopic (exact) mass is 254 g/mol. The second-order valence-electron chi connectivity index (χ2n) is 4.46. The molecule has 0 bridgehead atoms. The summed E-state index contributed by atoms with van der Waals surface area (Å²) in [7, 11) is 0. The molecule has 1 atom stereocenters. The van der Waals surface area contributed by atoms with Crippen LogP contribution in [-0.2, 0) is 19.0 Å². The molecule has 0 spiro atoms. The van der Waals surface area contributed by atoms with Crippen LogP contribution >= 0.6 is 0 Å². The third-order valence-electron chi connectivity index (χ3n) is 3.36. The van der Waals surface area contributed by atoms with E-state index in [2.05, 4.69) is 0 Å². The number of hydrogen-bond donors (Lipinski definition) is 0. The van der Waals surface area contributed by atoms with Crippen molar-refractivity contribution in [2.24, 2.45) is 0 Å². The topological polar surface area (TPSA) is 44.8 Å². The molecule has 4 aliphatic rings. The van der Waals surface area contributed by atoms with Gasteiger partial charge in [-0.25, -0.2) is 4.79 Å². The molecule has 1 unspecified atom stereocenters. The Morgan fingerprint density at radius 3 is 2.95 bits per heavy atom. The molecule has 3 aliphatic heterocycles. The quantitative estimate of drug-likeness (QED) is 0.621. The minimum atomic E-state index is -0.442. The van der Waals surface area contributed by atoms with Crippen molar-refractivity contribution < 1.29 is 19.0 Å². The van der Waals surface area contributed by atoms with Crippen molar-refractivity contribution in [1.29, 1.82) is 0 Å². The zero-order valence-corrected chi connectivity index (χ0v) is 9.96. The zero-order chi connectivity index (χ0) is 12.8. The minimum Gasteiger partial charge on any atom is -0.488 e. The van der Waals surface area contributed by atoms with Gasteiger partial charge in [0, 0.05) is 17.2 Å². The maximum atomic E-state index is 11.5. The van der Waals surface area contributed by atoms with Crippen LogP contribution in [0.1, 0.15) is 0 Å². The molecule has 4 nitrogen and oxygen atoms in total. The third kappa shape index (κ3) is 1.43. The first-order chi connectivity index (χ1) is 9.34. The van der Waals surface area contributed by atoms with Gasteiger partial charge >= 0.3 is 5.97 Å². The van der Waals surface area contributed by atoms with E-state index in [-0.39, 0.29) is 5.97 Å². The lowest BCUT2D eigenvalue weighted by Crippen LogP contribution is -2.31. The van der Waals surface area contributed by atoms with Gasteiger partial charge in [0.05, 0.1) is 11.8 Å². The molecular weight excluding hydrogens is 244 g/mol. The molecule has 0 fully saturated rings. The fourth-order valence-corrected chi connectivity index (χ4v) is 2.58. The first kappa shape index (κ1) is 10.4. The van der Waals surface area contributed by atoms with Crippen LogP contribution in [0, 0.1) is 0 Å². The first-order valence-electron chi connectivity index (χ1n) is 6.05. The van der Waals surface area contributed by atoms with Crippen molar-refractivity contribution in [2.75, 3.05) is 6.61 Å². The molecule has 94 valence electrons. The van der Waals surface area contributed by atoms with E-state index >= 15 is 0 Å². The van der Waals surface area contributed by atoms with E-state index in [9.17, 15) is 4.79 Å². The Morgan fingerprint density at radius 1 is 1.11 bits per heavy atom. The van der Waals surface area contributed by atoms with Gasteiger partial charge in [-0.3, -0.25) is 0 Å². The number of rotatable bonds is 0. The Hall–Kier alpha value is -2.49. The molecule has 1 aliphatic carbocycles. The molecule has 4 heteroatoms. The summed E-state index contributed by atoms with van der Waals surface area (Å²) in [6.45, 7) is 0.513. The van der Waals surface area contributed by atoms with Crippen molar-refractivity contribution >= 4 is 5.97 Å². The summed E-state index contributed by atoms with van der Waals surface area (Å²) in [5, 5.41) is 0. The second-order valence-corrected chi connectivity index (χ2v) is 4.46. The minimum absolute atomic E-state index is 0.348. The highest BCUT2D eigenvalue weighted by atomic mass is 16.5. The first-order valence-corrected chi connectivity index (χ1v) is 6.05. The average Bonchev–Trinajstić information content (AvgIpc) is 2.47. The van der Waals surface area contributed by atoms with Crippen LogP contribution in [0.25, 0.3) is 0 Å². The molecule has 0 amide bonds. The normalized spacial score (nSPS) is 26.8. The van der Waals surface area contributed by atoms with E-state index in [0.29, 0.717) is 12.4 Å². The van der Waals surface area contributed by atoms with Crippen molar-refractivity contribution in [3.05, 3.63) is 71.0 Å². The van der Waals surface area contributed by atoms with Crippen molar-refractivity contribution in [3.8, 4) is 0 Å². The van der Waals surface area contributed by atoms with Gasteiger partial charge in [-0.05, 0) is 24.3 Å². The van der Waals surface area contributed by atoms with E-state index in [1.165, 1.54) is 6.08 Å². The highest BCUT2D eigenvalue weighted by molar-refractivity contribution is 5.86. The standard InChI is InChI=1S/C15H10O4/c16-12-6-5-11-14-9(3-1-7-18-14)13-10(15(11)19-12)4-2-8-17-13/h1-7,15H,8H2. The summed E-state index contributed by atoms with van der Waals surface area (Å²) >= 11 is 0. The van der Waals surface area contributed by atoms with E-state index < -0.39 is 6.10 Å². The Labute approximate surface area is 109 Å². The number of fused-ring (bicyclic) bond motifs is 4. The predicted octanol–water partition coefficient (Wildman–Crippen LogP) is 2.05. The molecule has 19 heavy (non-hydrogen) atoms. The van der Waals surface area contributed by atoms with Crippen LogP contribution < -0.4 is 0 Å². The van der Waals surface area contributed by atoms with Crippen LogP contribution in [-0.4, -0.2) is 18.7 Å². The van der Waals surface area contributed by atoms with Crippen molar-refractivity contribution in [3.63, 3.8) is 0 Å². The summed E-state index contributed by atoms with van der Waals surface area (Å²) in [6, 6.07) is 0. The maximum Gasteiger partial charge on any atom is 0.331 e. The Kier molecular flexibility index (Phi) is 2.06. The van der Waals surface area contributed by atoms with Gasteiger partial charge < -0.3 is 14.2 Å². The lowest BCUT2D eigenvalue weighted by molar-refractivity contribution is -0.140. The van der Waals surface area contributed by atoms with Gasteiger partial charge in [0.15, 0.2) is 6.10 Å². The van der Waals surface area contributed by atoms with Crippen molar-refractivity contribution in [1.82, 2.24) is 0 Å². The summed E-state index contributed by atoms with van der Waals surface area (Å²) in [5.41, 5.74) is 2.62. The Bertz CT molecular complexity index is 652. The maximum absolute atomic E-state index is 11.5. The van der Waals surface area contributed by atoms with Crippen LogP contribution in [0.15, 0.2) is 71.0 Å². The average molecular weight is 254 g/mol. The lowest BCUT2D eigenvalue weighted by Gasteiger charge is -2.34. The van der Waals surface area contributed by atoms with Gasteiger partial charge in [-0.2, -0.15) is 0 Å². The van der Waals surface area contributed by atoms with E-state index in [1.54, 1.807) is 12.3 Å². The fraction of sp³-hybridized carbons (Fsp3) is 0.133. The van der Waals surface area contributed by atoms with E-state index in [4.69, 9.17) is 14.2 Å². The molecule has 4 rings (SSSR count). The molecular formula is C15H10O4. The number of carbonyl (C=O) groups is 1. The van der Waals surface area contributed by atoms with Crippen molar-refractivity contribution in [2.45, 2.75) is 6.10 Å². The van der Waals surface area contributed by atoms with Gasteiger partial charge in [-0.15, -0.1) is 0 Å². The van der Waals surface area contributed by atoms with Gasteiger partial charge in [0.1, 0.15) is 18.1 Å². The molecule has 3 heterocycles. The highest BCUT2D eigenvalue weighted by Gasteiger charge is 2.38. The third-order valence-corrected chi connectivity index (χ3v) is 3.36. The number of allylic oxidation sites excluding steroid dienone is 2. The highest BCUT2D eigenvalue weighted by Crippen LogP contribution is 2.42. The molecule has 0 saturated heterocycles. The number of carbonyl (C=O) groups excluding carboxylic acids is 1. The number of esters is 1. The smallest absolute Gasteiger partial charge is 0.331 e. The summed E-state index contributed by atoms with van der Waals surface area (Å²) < 4.78 is 16.7.